The van der Waals surface area contributed by atoms with E-state index in [1.54, 1.807) is 0 Å². The lowest BCUT2D eigenvalue weighted by molar-refractivity contribution is 0.392. The van der Waals surface area contributed by atoms with Gasteiger partial charge in [0.1, 0.15) is 0 Å². The van der Waals surface area contributed by atoms with Gasteiger partial charge in [0.25, 0.3) is 5.89 Å². The van der Waals surface area contributed by atoms with Gasteiger partial charge in [0.05, 0.1) is 11.7 Å². The Morgan fingerprint density at radius 1 is 1.26 bits per heavy atom. The molecule has 1 aromatic carbocycles. The van der Waals surface area contributed by atoms with Gasteiger partial charge in [-0.05, 0) is 51.9 Å². The molecular formula is C17H21N5O. The van der Waals surface area contributed by atoms with Crippen molar-refractivity contribution in [3.8, 4) is 11.5 Å². The molecule has 1 aliphatic heterocycles. The molecule has 4 rings (SSSR count). The normalized spacial score (nSPS) is 16.5. The van der Waals surface area contributed by atoms with Gasteiger partial charge < -0.3 is 9.84 Å². The minimum Gasteiger partial charge on any atom is -0.334 e. The summed E-state index contributed by atoms with van der Waals surface area (Å²) in [4.78, 5) is 4.63. The zero-order valence-electron chi connectivity index (χ0n) is 13.5. The fourth-order valence-electron chi connectivity index (χ4n) is 3.18. The second kappa shape index (κ2) is 5.77. The minimum atomic E-state index is 0.315. The van der Waals surface area contributed by atoms with Crippen molar-refractivity contribution in [3.63, 3.8) is 0 Å². The molecule has 120 valence electrons. The van der Waals surface area contributed by atoms with E-state index in [2.05, 4.69) is 46.5 Å². The fourth-order valence-corrected chi connectivity index (χ4v) is 3.18. The number of aromatic nitrogens is 4. The van der Waals surface area contributed by atoms with Gasteiger partial charge in [-0.3, -0.25) is 4.68 Å². The van der Waals surface area contributed by atoms with Gasteiger partial charge in [-0.2, -0.15) is 10.1 Å². The smallest absolute Gasteiger partial charge is 0.258 e. The maximum Gasteiger partial charge on any atom is 0.258 e. The van der Waals surface area contributed by atoms with E-state index < -0.39 is 0 Å². The molecule has 3 aromatic rings. The molecule has 0 aliphatic carbocycles. The molecular weight excluding hydrogens is 290 g/mol. The first-order chi connectivity index (χ1) is 11.2. The summed E-state index contributed by atoms with van der Waals surface area (Å²) in [5, 5.41) is 13.1. The van der Waals surface area contributed by atoms with Crippen molar-refractivity contribution in [2.24, 2.45) is 0 Å². The molecule has 0 spiro atoms. The number of hydrogen-bond acceptors (Lipinski definition) is 5. The summed E-state index contributed by atoms with van der Waals surface area (Å²) >= 11 is 0. The Balaban J connectivity index is 1.68. The third kappa shape index (κ3) is 2.63. The molecule has 0 amide bonds. The highest BCUT2D eigenvalue weighted by molar-refractivity contribution is 5.83. The summed E-state index contributed by atoms with van der Waals surface area (Å²) in [6.45, 7) is 6.30. The van der Waals surface area contributed by atoms with Crippen molar-refractivity contribution >= 4 is 10.9 Å². The maximum atomic E-state index is 5.52. The number of benzene rings is 1. The van der Waals surface area contributed by atoms with Gasteiger partial charge >= 0.3 is 0 Å². The molecule has 1 aliphatic rings. The van der Waals surface area contributed by atoms with Gasteiger partial charge in [-0.15, -0.1) is 0 Å². The zero-order chi connectivity index (χ0) is 15.8. The van der Waals surface area contributed by atoms with Crippen LogP contribution in [0.25, 0.3) is 22.4 Å². The molecule has 6 nitrogen and oxygen atoms in total. The summed E-state index contributed by atoms with van der Waals surface area (Å²) in [6.07, 6.45) is 4.03. The van der Waals surface area contributed by atoms with Crippen molar-refractivity contribution in [2.45, 2.75) is 38.6 Å². The van der Waals surface area contributed by atoms with Crippen molar-refractivity contribution in [1.29, 1.82) is 0 Å². The van der Waals surface area contributed by atoms with E-state index in [0.29, 0.717) is 17.9 Å². The van der Waals surface area contributed by atoms with Crippen LogP contribution in [-0.2, 0) is 0 Å². The van der Waals surface area contributed by atoms with Gasteiger partial charge in [0, 0.05) is 22.9 Å². The SMILES string of the molecule is CC(C)n1ncc2ccc(-c3nc(C4CCNCC4)no3)cc21. The number of hydrogen-bond donors (Lipinski definition) is 1. The summed E-state index contributed by atoms with van der Waals surface area (Å²) in [5.74, 6) is 1.83. The lowest BCUT2D eigenvalue weighted by Gasteiger charge is -2.18. The van der Waals surface area contributed by atoms with E-state index in [0.717, 1.165) is 48.2 Å². The third-order valence-corrected chi connectivity index (χ3v) is 4.48. The summed E-state index contributed by atoms with van der Waals surface area (Å²) in [7, 11) is 0. The monoisotopic (exact) mass is 311 g/mol. The molecule has 3 heterocycles. The Morgan fingerprint density at radius 3 is 2.87 bits per heavy atom. The zero-order valence-corrected chi connectivity index (χ0v) is 13.5. The summed E-state index contributed by atoms with van der Waals surface area (Å²) in [6, 6.07) is 6.48. The molecule has 6 heteroatoms. The lowest BCUT2D eigenvalue weighted by Crippen LogP contribution is -2.27. The highest BCUT2D eigenvalue weighted by Gasteiger charge is 2.21. The van der Waals surface area contributed by atoms with Crippen LogP contribution in [0, 0.1) is 0 Å². The summed E-state index contributed by atoms with van der Waals surface area (Å²) in [5.41, 5.74) is 2.05. The predicted octanol–water partition coefficient (Wildman–Crippen LogP) is 3.13. The molecule has 0 saturated carbocycles. The van der Waals surface area contributed by atoms with E-state index in [1.807, 2.05) is 16.9 Å². The van der Waals surface area contributed by atoms with Crippen LogP contribution in [0.15, 0.2) is 28.9 Å². The largest absolute Gasteiger partial charge is 0.334 e. The Kier molecular flexibility index (Phi) is 3.61. The fraction of sp³-hybridized carbons (Fsp3) is 0.471. The first-order valence-corrected chi connectivity index (χ1v) is 8.24. The van der Waals surface area contributed by atoms with Crippen LogP contribution >= 0.6 is 0 Å². The average Bonchev–Trinajstić information content (AvgIpc) is 3.22. The Hall–Kier alpha value is -2.21. The number of rotatable bonds is 3. The van der Waals surface area contributed by atoms with Gasteiger partial charge in [-0.1, -0.05) is 11.2 Å². The number of fused-ring (bicyclic) bond motifs is 1. The molecule has 0 bridgehead atoms. The van der Waals surface area contributed by atoms with Crippen LogP contribution in [0.1, 0.15) is 44.5 Å². The molecule has 23 heavy (non-hydrogen) atoms. The second-order valence-electron chi connectivity index (χ2n) is 6.44. The van der Waals surface area contributed by atoms with Crippen molar-refractivity contribution < 1.29 is 4.52 Å². The first kappa shape index (κ1) is 14.4. The number of piperidine rings is 1. The highest BCUT2D eigenvalue weighted by Crippen LogP contribution is 2.28. The predicted molar refractivity (Wildman–Crippen MR) is 88.3 cm³/mol. The minimum absolute atomic E-state index is 0.315. The first-order valence-electron chi connectivity index (χ1n) is 8.24. The molecule has 1 saturated heterocycles. The van der Waals surface area contributed by atoms with Crippen LogP contribution in [0.4, 0.5) is 0 Å². The number of nitrogens with zero attached hydrogens (tertiary/aromatic N) is 4. The molecule has 1 N–H and O–H groups in total. The lowest BCUT2D eigenvalue weighted by atomic mass is 9.98. The quantitative estimate of drug-likeness (QED) is 0.805. The van der Waals surface area contributed by atoms with E-state index in [4.69, 9.17) is 4.52 Å². The van der Waals surface area contributed by atoms with Crippen LogP contribution in [0.3, 0.4) is 0 Å². The topological polar surface area (TPSA) is 68.8 Å². The average molecular weight is 311 g/mol. The van der Waals surface area contributed by atoms with Gasteiger partial charge in [0.2, 0.25) is 0 Å². The highest BCUT2D eigenvalue weighted by atomic mass is 16.5. The van der Waals surface area contributed by atoms with E-state index in [9.17, 15) is 0 Å². The standard InChI is InChI=1S/C17H21N5O/c1-11(2)22-15-9-13(3-4-14(15)10-19-22)17-20-16(21-23-17)12-5-7-18-8-6-12/h3-4,9-12,18H,5-8H2,1-2H3. The molecule has 0 unspecified atom stereocenters. The van der Waals surface area contributed by atoms with E-state index >= 15 is 0 Å². The van der Waals surface area contributed by atoms with Gasteiger partial charge in [-0.25, -0.2) is 0 Å². The Labute approximate surface area is 134 Å². The third-order valence-electron chi connectivity index (χ3n) is 4.48. The van der Waals surface area contributed by atoms with Crippen molar-refractivity contribution in [3.05, 3.63) is 30.2 Å². The molecule has 0 radical (unpaired) electrons. The van der Waals surface area contributed by atoms with Crippen LogP contribution in [0.5, 0.6) is 0 Å². The molecule has 2 aromatic heterocycles. The Morgan fingerprint density at radius 2 is 2.09 bits per heavy atom. The molecule has 1 fully saturated rings. The Bertz CT molecular complexity index is 813. The van der Waals surface area contributed by atoms with Gasteiger partial charge in [0.15, 0.2) is 5.82 Å². The van der Waals surface area contributed by atoms with Crippen LogP contribution in [-0.4, -0.2) is 33.0 Å². The van der Waals surface area contributed by atoms with Crippen molar-refractivity contribution in [2.75, 3.05) is 13.1 Å². The molecule has 0 atom stereocenters. The van der Waals surface area contributed by atoms with Crippen LogP contribution < -0.4 is 5.32 Å². The maximum absolute atomic E-state index is 5.52. The number of nitrogens with one attached hydrogen (secondary N) is 1. The van der Waals surface area contributed by atoms with Crippen molar-refractivity contribution in [1.82, 2.24) is 25.2 Å². The van der Waals surface area contributed by atoms with E-state index in [1.165, 1.54) is 0 Å². The van der Waals surface area contributed by atoms with E-state index in [-0.39, 0.29) is 0 Å². The summed E-state index contributed by atoms with van der Waals surface area (Å²) < 4.78 is 7.54. The second-order valence-corrected chi connectivity index (χ2v) is 6.44. The van der Waals surface area contributed by atoms with Crippen LogP contribution in [0.2, 0.25) is 0 Å².